The molecule has 0 bridgehead atoms. The molecule has 1 unspecified atom stereocenters. The minimum Gasteiger partial charge on any atom is -0.480 e. The number of rotatable bonds is 6. The fraction of sp³-hybridized carbons (Fsp3) is 0.263. The van der Waals surface area contributed by atoms with E-state index in [1.54, 1.807) is 0 Å². The van der Waals surface area contributed by atoms with Crippen molar-refractivity contribution in [2.75, 3.05) is 0 Å². The molecule has 2 N–H and O–H groups in total. The van der Waals surface area contributed by atoms with Crippen molar-refractivity contribution >= 4 is 11.9 Å². The Morgan fingerprint density at radius 2 is 1.89 bits per heavy atom. The molecular weight excluding hydrogens is 346 g/mol. The van der Waals surface area contributed by atoms with Crippen molar-refractivity contribution in [1.82, 2.24) is 24.9 Å². The van der Waals surface area contributed by atoms with Crippen molar-refractivity contribution in [1.29, 1.82) is 0 Å². The first kappa shape index (κ1) is 18.4. The summed E-state index contributed by atoms with van der Waals surface area (Å²) in [6.07, 6.45) is 1.41. The van der Waals surface area contributed by atoms with Gasteiger partial charge in [0.2, 0.25) is 0 Å². The number of nitrogens with zero attached hydrogens (tertiary/aromatic N) is 4. The van der Waals surface area contributed by atoms with Crippen LogP contribution in [-0.2, 0) is 11.3 Å². The molecule has 1 atom stereocenters. The van der Waals surface area contributed by atoms with Gasteiger partial charge < -0.3 is 10.4 Å². The number of amides is 1. The molecule has 1 amide bonds. The first-order valence-electron chi connectivity index (χ1n) is 8.55. The topological polar surface area (TPSA) is 102 Å². The van der Waals surface area contributed by atoms with Crippen molar-refractivity contribution < 1.29 is 14.7 Å². The fourth-order valence-electron chi connectivity index (χ4n) is 2.92. The molecule has 8 nitrogen and oxygen atoms in total. The lowest BCUT2D eigenvalue weighted by Gasteiger charge is -2.12. The Balaban J connectivity index is 1.78. The molecule has 8 heteroatoms. The van der Waals surface area contributed by atoms with Gasteiger partial charge in [-0.3, -0.25) is 4.79 Å². The molecule has 1 aromatic carbocycles. The number of aryl methyl sites for hydroxylation is 1. The molecule has 0 radical (unpaired) electrons. The number of hydrogen-bond donors (Lipinski definition) is 2. The molecule has 27 heavy (non-hydrogen) atoms. The van der Waals surface area contributed by atoms with Gasteiger partial charge in [0.05, 0.1) is 11.4 Å². The number of carbonyl (C=O) groups is 2. The number of carbonyl (C=O) groups excluding carboxylic acids is 1. The van der Waals surface area contributed by atoms with E-state index in [2.05, 4.69) is 15.5 Å². The van der Waals surface area contributed by atoms with Crippen LogP contribution >= 0.6 is 0 Å². The smallest absolute Gasteiger partial charge is 0.328 e. The molecule has 0 saturated carbocycles. The van der Waals surface area contributed by atoms with E-state index in [1.165, 1.54) is 23.9 Å². The van der Waals surface area contributed by atoms with Gasteiger partial charge in [-0.05, 0) is 39.0 Å². The molecule has 0 spiro atoms. The van der Waals surface area contributed by atoms with Crippen LogP contribution in [-0.4, -0.2) is 36.5 Å². The van der Waals surface area contributed by atoms with Crippen molar-refractivity contribution in [3.8, 4) is 5.69 Å². The Morgan fingerprint density at radius 3 is 2.56 bits per heavy atom. The Labute approximate surface area is 156 Å². The van der Waals surface area contributed by atoms with Gasteiger partial charge in [0.15, 0.2) is 0 Å². The minimum atomic E-state index is -1.05. The van der Waals surface area contributed by atoms with Crippen LogP contribution in [0.3, 0.4) is 0 Å². The zero-order valence-electron chi connectivity index (χ0n) is 15.4. The van der Waals surface area contributed by atoms with Gasteiger partial charge in [0, 0.05) is 24.0 Å². The molecule has 0 aliphatic heterocycles. The van der Waals surface area contributed by atoms with Crippen LogP contribution in [0.4, 0.5) is 0 Å². The number of carboxylic acids is 1. The molecule has 3 rings (SSSR count). The number of para-hydroxylation sites is 1. The van der Waals surface area contributed by atoms with E-state index < -0.39 is 12.0 Å². The lowest BCUT2D eigenvalue weighted by molar-refractivity contribution is -0.140. The van der Waals surface area contributed by atoms with Crippen LogP contribution in [0.1, 0.15) is 40.4 Å². The first-order valence-corrected chi connectivity index (χ1v) is 8.55. The van der Waals surface area contributed by atoms with Gasteiger partial charge in [-0.25, -0.2) is 14.2 Å². The Morgan fingerprint density at radius 1 is 1.19 bits per heavy atom. The summed E-state index contributed by atoms with van der Waals surface area (Å²) in [7, 11) is 0. The summed E-state index contributed by atoms with van der Waals surface area (Å²) in [6, 6.07) is 10.3. The fourth-order valence-corrected chi connectivity index (χ4v) is 2.92. The zero-order valence-corrected chi connectivity index (χ0v) is 15.4. The van der Waals surface area contributed by atoms with E-state index in [4.69, 9.17) is 5.11 Å². The summed E-state index contributed by atoms with van der Waals surface area (Å²) >= 11 is 0. The number of benzene rings is 1. The number of aliphatic carboxylic acids is 1. The lowest BCUT2D eigenvalue weighted by Crippen LogP contribution is -2.29. The molecule has 0 aliphatic carbocycles. The van der Waals surface area contributed by atoms with Crippen LogP contribution in [0.2, 0.25) is 0 Å². The van der Waals surface area contributed by atoms with E-state index >= 15 is 0 Å². The van der Waals surface area contributed by atoms with Crippen LogP contribution in [0.15, 0.2) is 42.6 Å². The Hall–Kier alpha value is -3.42. The molecular formula is C19H21N5O3. The molecule has 2 aromatic heterocycles. The van der Waals surface area contributed by atoms with E-state index in [1.807, 2.05) is 48.9 Å². The van der Waals surface area contributed by atoms with E-state index in [0.29, 0.717) is 0 Å². The summed E-state index contributed by atoms with van der Waals surface area (Å²) in [5.41, 5.74) is 3.83. The van der Waals surface area contributed by atoms with Crippen LogP contribution in [0, 0.1) is 13.8 Å². The molecule has 2 heterocycles. The van der Waals surface area contributed by atoms with Gasteiger partial charge in [-0.1, -0.05) is 18.2 Å². The maximum absolute atomic E-state index is 12.5. The molecule has 0 saturated heterocycles. The summed E-state index contributed by atoms with van der Waals surface area (Å²) in [4.78, 5) is 23.7. The summed E-state index contributed by atoms with van der Waals surface area (Å²) in [5.74, 6) is -1.43. The lowest BCUT2D eigenvalue weighted by atomic mass is 10.2. The summed E-state index contributed by atoms with van der Waals surface area (Å²) in [5, 5.41) is 20.5. The highest BCUT2D eigenvalue weighted by atomic mass is 16.4. The SMILES string of the molecule is Cc1nn(-c2ccccc2)c(C)c1CNC(=O)c1ccnn1C(C)C(=O)O. The second kappa shape index (κ2) is 7.45. The van der Waals surface area contributed by atoms with E-state index in [-0.39, 0.29) is 18.1 Å². The van der Waals surface area contributed by atoms with Gasteiger partial charge in [-0.15, -0.1) is 0 Å². The zero-order chi connectivity index (χ0) is 19.6. The summed E-state index contributed by atoms with van der Waals surface area (Å²) < 4.78 is 3.04. The number of aromatic nitrogens is 4. The standard InChI is InChI=1S/C19H21N5O3/c1-12-16(13(2)23(22-12)15-7-5-4-6-8-15)11-20-18(25)17-9-10-21-24(17)14(3)19(26)27/h4-10,14H,11H2,1-3H3,(H,20,25)(H,26,27). The van der Waals surface area contributed by atoms with Crippen molar-refractivity contribution in [3.63, 3.8) is 0 Å². The second-order valence-corrected chi connectivity index (χ2v) is 6.25. The van der Waals surface area contributed by atoms with Crippen molar-refractivity contribution in [3.05, 3.63) is 65.2 Å². The van der Waals surface area contributed by atoms with Crippen molar-refractivity contribution in [2.45, 2.75) is 33.4 Å². The third-order valence-corrected chi connectivity index (χ3v) is 4.49. The van der Waals surface area contributed by atoms with Crippen LogP contribution in [0.5, 0.6) is 0 Å². The summed E-state index contributed by atoms with van der Waals surface area (Å²) in [6.45, 7) is 5.61. The van der Waals surface area contributed by atoms with E-state index in [9.17, 15) is 9.59 Å². The van der Waals surface area contributed by atoms with Crippen LogP contribution in [0.25, 0.3) is 5.69 Å². The minimum absolute atomic E-state index is 0.204. The van der Waals surface area contributed by atoms with Gasteiger partial charge >= 0.3 is 5.97 Å². The number of nitrogens with one attached hydrogen (secondary N) is 1. The maximum atomic E-state index is 12.5. The normalized spacial score (nSPS) is 12.0. The van der Waals surface area contributed by atoms with Gasteiger partial charge in [0.1, 0.15) is 11.7 Å². The Kier molecular flexibility index (Phi) is 5.07. The number of carboxylic acid groups (broad SMARTS) is 1. The molecule has 0 aliphatic rings. The quantitative estimate of drug-likeness (QED) is 0.696. The molecule has 140 valence electrons. The predicted molar refractivity (Wildman–Crippen MR) is 98.8 cm³/mol. The van der Waals surface area contributed by atoms with Gasteiger partial charge in [0.25, 0.3) is 5.91 Å². The average Bonchev–Trinajstić information content (AvgIpc) is 3.25. The van der Waals surface area contributed by atoms with E-state index in [0.717, 1.165) is 22.6 Å². The monoisotopic (exact) mass is 367 g/mol. The highest BCUT2D eigenvalue weighted by Gasteiger charge is 2.21. The highest BCUT2D eigenvalue weighted by molar-refractivity contribution is 5.93. The van der Waals surface area contributed by atoms with Gasteiger partial charge in [-0.2, -0.15) is 10.2 Å². The molecule has 0 fully saturated rings. The predicted octanol–water partition coefficient (Wildman–Crippen LogP) is 2.26. The first-order chi connectivity index (χ1) is 12.9. The number of hydrogen-bond acceptors (Lipinski definition) is 4. The highest BCUT2D eigenvalue weighted by Crippen LogP contribution is 2.18. The van der Waals surface area contributed by atoms with Crippen LogP contribution < -0.4 is 5.32 Å². The average molecular weight is 367 g/mol. The largest absolute Gasteiger partial charge is 0.480 e. The Bertz CT molecular complexity index is 975. The third-order valence-electron chi connectivity index (χ3n) is 4.49. The second-order valence-electron chi connectivity index (χ2n) is 6.25. The maximum Gasteiger partial charge on any atom is 0.328 e. The van der Waals surface area contributed by atoms with Crippen molar-refractivity contribution in [2.24, 2.45) is 0 Å². The third kappa shape index (κ3) is 3.59. The molecule has 3 aromatic rings.